The molecular weight excluding hydrogens is 407 g/mol. The first-order valence-corrected chi connectivity index (χ1v) is 13.4. The lowest BCUT2D eigenvalue weighted by Crippen LogP contribution is -2.30. The second-order valence-electron chi connectivity index (χ2n) is 9.67. The summed E-state index contributed by atoms with van der Waals surface area (Å²) in [4.78, 5) is 0. The Morgan fingerprint density at radius 1 is 1.39 bits per heavy atom. The third-order valence-corrected chi connectivity index (χ3v) is 8.78. The highest BCUT2D eigenvalue weighted by atomic mass is 32.2. The number of hydrogen-bond donors (Lipinski definition) is 1. The fourth-order valence-corrected chi connectivity index (χ4v) is 6.55. The summed E-state index contributed by atoms with van der Waals surface area (Å²) in [6, 6.07) is 0. The molecule has 172 valence electrons. The zero-order valence-electron chi connectivity index (χ0n) is 19.3. The Bertz CT molecular complexity index is 819. The van der Waals surface area contributed by atoms with Gasteiger partial charge >= 0.3 is 0 Å². The molecule has 0 aromatic rings. The molecule has 3 aliphatic carbocycles. The molecule has 1 N–H and O–H groups in total. The molecule has 4 atom stereocenters. The van der Waals surface area contributed by atoms with E-state index in [1.807, 2.05) is 6.92 Å². The topological polar surface area (TPSA) is 37.3 Å². The molecule has 0 bridgehead atoms. The minimum atomic E-state index is -1.47. The Morgan fingerprint density at radius 2 is 2.19 bits per heavy atom. The molecule has 0 aromatic heterocycles. The molecular formula is C27H39FO2S. The van der Waals surface area contributed by atoms with Gasteiger partial charge in [0.25, 0.3) is 0 Å². The van der Waals surface area contributed by atoms with Crippen LogP contribution < -0.4 is 0 Å². The van der Waals surface area contributed by atoms with Gasteiger partial charge in [-0.05, 0) is 87.2 Å². The lowest BCUT2D eigenvalue weighted by Gasteiger charge is -2.41. The van der Waals surface area contributed by atoms with Crippen LogP contribution in [0.1, 0.15) is 84.5 Å². The Labute approximate surface area is 190 Å². The first kappa shape index (κ1) is 24.4. The molecule has 0 aliphatic heterocycles. The molecule has 0 radical (unpaired) electrons. The van der Waals surface area contributed by atoms with Gasteiger partial charge < -0.3 is 5.11 Å². The fraction of sp³-hybridized carbons (Fsp3) is 0.630. The maximum absolute atomic E-state index is 14.1. The van der Waals surface area contributed by atoms with Gasteiger partial charge in [-0.1, -0.05) is 61.8 Å². The molecule has 2 fully saturated rings. The van der Waals surface area contributed by atoms with Crippen molar-refractivity contribution in [3.8, 4) is 0 Å². The zero-order valence-corrected chi connectivity index (χ0v) is 20.1. The minimum absolute atomic E-state index is 0.150. The summed E-state index contributed by atoms with van der Waals surface area (Å²) in [5.74, 6) is 0.941. The van der Waals surface area contributed by atoms with Crippen molar-refractivity contribution < 1.29 is 13.7 Å². The van der Waals surface area contributed by atoms with Gasteiger partial charge in [0.2, 0.25) is 0 Å². The van der Waals surface area contributed by atoms with E-state index in [0.717, 1.165) is 50.5 Å². The summed E-state index contributed by atoms with van der Waals surface area (Å²) in [5.41, 5.74) is 5.45. The van der Waals surface area contributed by atoms with Gasteiger partial charge in [-0.25, -0.2) is 0 Å². The van der Waals surface area contributed by atoms with Crippen LogP contribution in [0, 0.1) is 11.3 Å². The summed E-state index contributed by atoms with van der Waals surface area (Å²) in [5, 5.41) is 9.55. The van der Waals surface area contributed by atoms with Gasteiger partial charge in [0.15, 0.2) is 5.16 Å². The van der Waals surface area contributed by atoms with Crippen molar-refractivity contribution in [3.05, 3.63) is 58.3 Å². The van der Waals surface area contributed by atoms with E-state index in [1.165, 1.54) is 29.6 Å². The molecule has 0 aromatic carbocycles. The van der Waals surface area contributed by atoms with E-state index >= 15 is 0 Å². The van der Waals surface area contributed by atoms with Crippen LogP contribution in [0.4, 0.5) is 4.39 Å². The largest absolute Gasteiger partial charge is 0.393 e. The van der Waals surface area contributed by atoms with Crippen LogP contribution in [0.5, 0.6) is 0 Å². The summed E-state index contributed by atoms with van der Waals surface area (Å²) in [6.45, 7) is 8.59. The van der Waals surface area contributed by atoms with Crippen LogP contribution in [0.2, 0.25) is 0 Å². The molecule has 0 saturated heterocycles. The van der Waals surface area contributed by atoms with Crippen LogP contribution in [0.15, 0.2) is 58.3 Å². The molecule has 4 heteroatoms. The number of halogens is 1. The summed E-state index contributed by atoms with van der Waals surface area (Å²) in [6.07, 6.45) is 18.4. The number of allylic oxidation sites excluding steroid dienone is 7. The van der Waals surface area contributed by atoms with Gasteiger partial charge in [0, 0.05) is 5.75 Å². The highest BCUT2D eigenvalue weighted by molar-refractivity contribution is 7.88. The van der Waals surface area contributed by atoms with Crippen molar-refractivity contribution in [1.29, 1.82) is 0 Å². The first-order valence-electron chi connectivity index (χ1n) is 12.0. The van der Waals surface area contributed by atoms with Gasteiger partial charge in [-0.3, -0.25) is 4.21 Å². The Kier molecular flexibility index (Phi) is 8.69. The van der Waals surface area contributed by atoms with Crippen LogP contribution in [-0.4, -0.2) is 21.2 Å². The maximum atomic E-state index is 14.1. The summed E-state index contributed by atoms with van der Waals surface area (Å²) in [7, 11) is -1.47. The average Bonchev–Trinajstić information content (AvgIpc) is 3.09. The van der Waals surface area contributed by atoms with E-state index in [4.69, 9.17) is 0 Å². The van der Waals surface area contributed by atoms with Gasteiger partial charge in [-0.15, -0.1) is 0 Å². The molecule has 0 spiro atoms. The molecule has 31 heavy (non-hydrogen) atoms. The van der Waals surface area contributed by atoms with Crippen molar-refractivity contribution in [2.24, 2.45) is 11.3 Å². The fourth-order valence-electron chi connectivity index (χ4n) is 5.50. The van der Waals surface area contributed by atoms with Gasteiger partial charge in [-0.2, -0.15) is 4.39 Å². The molecule has 3 unspecified atom stereocenters. The average molecular weight is 447 g/mol. The number of rotatable bonds is 8. The van der Waals surface area contributed by atoms with Crippen LogP contribution in [0.3, 0.4) is 0 Å². The Morgan fingerprint density at radius 3 is 2.97 bits per heavy atom. The summed E-state index contributed by atoms with van der Waals surface area (Å²) >= 11 is 0. The van der Waals surface area contributed by atoms with Crippen molar-refractivity contribution in [2.45, 2.75) is 90.6 Å². The summed E-state index contributed by atoms with van der Waals surface area (Å²) < 4.78 is 26.0. The van der Waals surface area contributed by atoms with Crippen LogP contribution >= 0.6 is 0 Å². The highest BCUT2D eigenvalue weighted by Gasteiger charge is 2.44. The van der Waals surface area contributed by atoms with E-state index in [2.05, 4.69) is 31.7 Å². The SMILES string of the molecule is C=C1CC[C@H](O)C/C1=C/C=C1\CCCC2(C)C(CC/C=C(\F)S(=O)CCCC)=CCC12. The second-order valence-corrected chi connectivity index (χ2v) is 11.2. The number of aliphatic hydroxyl groups is 1. The predicted octanol–water partition coefficient (Wildman–Crippen LogP) is 7.22. The minimum Gasteiger partial charge on any atom is -0.393 e. The number of hydrogen-bond acceptors (Lipinski definition) is 2. The van der Waals surface area contributed by atoms with Gasteiger partial charge in [0.1, 0.15) is 0 Å². The molecule has 3 rings (SSSR count). The molecule has 2 saturated carbocycles. The molecule has 2 nitrogen and oxygen atoms in total. The van der Waals surface area contributed by atoms with Gasteiger partial charge in [0.05, 0.1) is 16.9 Å². The zero-order chi connectivity index (χ0) is 22.4. The van der Waals surface area contributed by atoms with Crippen LogP contribution in [-0.2, 0) is 10.8 Å². The van der Waals surface area contributed by atoms with Crippen molar-refractivity contribution in [3.63, 3.8) is 0 Å². The van der Waals surface area contributed by atoms with Crippen molar-refractivity contribution in [1.82, 2.24) is 0 Å². The maximum Gasteiger partial charge on any atom is 0.182 e. The first-order chi connectivity index (χ1) is 14.8. The number of aliphatic hydroxyl groups excluding tert-OH is 1. The number of fused-ring (bicyclic) bond motifs is 1. The normalized spacial score (nSPS) is 33.0. The predicted molar refractivity (Wildman–Crippen MR) is 130 cm³/mol. The van der Waals surface area contributed by atoms with Crippen molar-refractivity contribution >= 4 is 10.8 Å². The van der Waals surface area contributed by atoms with E-state index in [1.54, 1.807) is 6.08 Å². The van der Waals surface area contributed by atoms with Crippen LogP contribution in [0.25, 0.3) is 0 Å². The van der Waals surface area contributed by atoms with E-state index in [-0.39, 0.29) is 11.5 Å². The number of unbranched alkanes of at least 4 members (excludes halogenated alkanes) is 1. The molecule has 3 aliphatic rings. The lowest BCUT2D eigenvalue weighted by molar-refractivity contribution is 0.158. The smallest absolute Gasteiger partial charge is 0.182 e. The lowest BCUT2D eigenvalue weighted by atomic mass is 9.63. The monoisotopic (exact) mass is 446 g/mol. The molecule has 0 amide bonds. The van der Waals surface area contributed by atoms with E-state index in [0.29, 0.717) is 24.5 Å². The third-order valence-electron chi connectivity index (χ3n) is 7.52. The molecule has 0 heterocycles. The standard InChI is InChI=1S/C27H39FO2S/c1-4-5-18-31(30)26(28)10-6-9-23-14-16-25-21(8-7-17-27(23,25)3)12-13-22-19-24(29)15-11-20(22)2/h10,12-14,24-25,29H,2,4-9,11,15-19H2,1,3H3/b21-12+,22-13-,26-10+/t24-,25?,27?,31?/m0/s1. The van der Waals surface area contributed by atoms with E-state index in [9.17, 15) is 13.7 Å². The Hall–Kier alpha value is -1.26. The van der Waals surface area contributed by atoms with Crippen molar-refractivity contribution in [2.75, 3.05) is 5.75 Å². The Balaban J connectivity index is 1.64. The second kappa shape index (κ2) is 11.0. The third kappa shape index (κ3) is 5.96. The van der Waals surface area contributed by atoms with E-state index < -0.39 is 16.0 Å². The quantitative estimate of drug-likeness (QED) is 0.400. The highest BCUT2D eigenvalue weighted by Crippen LogP contribution is 2.55.